The van der Waals surface area contributed by atoms with Crippen LogP contribution in [0.15, 0.2) is 18.2 Å². The van der Waals surface area contributed by atoms with Gasteiger partial charge in [-0.3, -0.25) is 4.79 Å². The largest absolute Gasteiger partial charge is 0.398 e. The van der Waals surface area contributed by atoms with Crippen LogP contribution in [0.2, 0.25) is 0 Å². The van der Waals surface area contributed by atoms with Crippen LogP contribution in [-0.4, -0.2) is 30.1 Å². The second kappa shape index (κ2) is 5.34. The van der Waals surface area contributed by atoms with E-state index >= 15 is 0 Å². The molecule has 6 heteroatoms. The van der Waals surface area contributed by atoms with Gasteiger partial charge in [0.05, 0.1) is 11.5 Å². The number of aryl methyl sites for hydroxylation is 1. The van der Waals surface area contributed by atoms with Crippen LogP contribution < -0.4 is 5.73 Å². The van der Waals surface area contributed by atoms with Crippen LogP contribution in [0.25, 0.3) is 0 Å². The molecule has 1 saturated heterocycles. The van der Waals surface area contributed by atoms with Gasteiger partial charge in [0.1, 0.15) is 0 Å². The number of hydrogen-bond acceptors (Lipinski definition) is 2. The second-order valence-corrected chi connectivity index (χ2v) is 5.22. The average molecular weight is 286 g/mol. The van der Waals surface area contributed by atoms with Crippen molar-refractivity contribution >= 4 is 11.6 Å². The predicted octanol–water partition coefficient (Wildman–Crippen LogP) is 2.99. The van der Waals surface area contributed by atoms with E-state index in [4.69, 9.17) is 5.73 Å². The van der Waals surface area contributed by atoms with E-state index in [0.717, 1.165) is 5.56 Å². The van der Waals surface area contributed by atoms with Gasteiger partial charge in [-0.2, -0.15) is 13.2 Å². The third-order valence-corrected chi connectivity index (χ3v) is 3.61. The van der Waals surface area contributed by atoms with Gasteiger partial charge in [-0.1, -0.05) is 11.6 Å². The van der Waals surface area contributed by atoms with Crippen LogP contribution in [0.3, 0.4) is 0 Å². The van der Waals surface area contributed by atoms with Crippen LogP contribution in [0.1, 0.15) is 28.8 Å². The number of carbonyl (C=O) groups is 1. The van der Waals surface area contributed by atoms with Crippen molar-refractivity contribution in [3.63, 3.8) is 0 Å². The van der Waals surface area contributed by atoms with Gasteiger partial charge >= 0.3 is 6.18 Å². The van der Waals surface area contributed by atoms with Gasteiger partial charge in [-0.05, 0) is 31.9 Å². The zero-order chi connectivity index (χ0) is 14.9. The van der Waals surface area contributed by atoms with Gasteiger partial charge in [0, 0.05) is 18.8 Å². The first kappa shape index (κ1) is 14.7. The van der Waals surface area contributed by atoms with E-state index in [1.807, 2.05) is 6.92 Å². The lowest BCUT2D eigenvalue weighted by Crippen LogP contribution is -2.44. The lowest BCUT2D eigenvalue weighted by atomic mass is 9.96. The van der Waals surface area contributed by atoms with Crippen molar-refractivity contribution in [2.45, 2.75) is 25.9 Å². The summed E-state index contributed by atoms with van der Waals surface area (Å²) in [6.07, 6.45) is -3.81. The number of anilines is 1. The Morgan fingerprint density at radius 3 is 2.75 bits per heavy atom. The minimum atomic E-state index is -4.25. The maximum Gasteiger partial charge on any atom is 0.393 e. The van der Waals surface area contributed by atoms with Crippen LogP contribution in [0.4, 0.5) is 18.9 Å². The van der Waals surface area contributed by atoms with E-state index in [-0.39, 0.29) is 18.5 Å². The van der Waals surface area contributed by atoms with Gasteiger partial charge < -0.3 is 10.6 Å². The summed E-state index contributed by atoms with van der Waals surface area (Å²) in [5, 5.41) is 0. The highest BCUT2D eigenvalue weighted by molar-refractivity contribution is 5.99. The van der Waals surface area contributed by atoms with Crippen LogP contribution in [0.5, 0.6) is 0 Å². The molecule has 1 aromatic carbocycles. The Morgan fingerprint density at radius 2 is 2.10 bits per heavy atom. The molecule has 0 aliphatic carbocycles. The van der Waals surface area contributed by atoms with E-state index < -0.39 is 18.0 Å². The monoisotopic (exact) mass is 286 g/mol. The molecule has 1 atom stereocenters. The zero-order valence-corrected chi connectivity index (χ0v) is 11.2. The van der Waals surface area contributed by atoms with Gasteiger partial charge in [0.15, 0.2) is 0 Å². The van der Waals surface area contributed by atoms with E-state index in [1.165, 1.54) is 4.90 Å². The normalized spacial score (nSPS) is 20.0. The lowest BCUT2D eigenvalue weighted by Gasteiger charge is -2.34. The SMILES string of the molecule is Cc1ccc(N)c(C(=O)N2CCCC(C(F)(F)F)C2)c1. The predicted molar refractivity (Wildman–Crippen MR) is 70.3 cm³/mol. The number of benzene rings is 1. The van der Waals surface area contributed by atoms with Gasteiger partial charge in [-0.25, -0.2) is 0 Å². The van der Waals surface area contributed by atoms with E-state index in [1.54, 1.807) is 18.2 Å². The number of halogens is 3. The number of amides is 1. The molecule has 1 unspecified atom stereocenters. The molecular weight excluding hydrogens is 269 g/mol. The van der Waals surface area contributed by atoms with Crippen molar-refractivity contribution in [2.24, 2.45) is 5.92 Å². The number of nitrogens with two attached hydrogens (primary N) is 1. The highest BCUT2D eigenvalue weighted by Gasteiger charge is 2.42. The van der Waals surface area contributed by atoms with E-state index in [9.17, 15) is 18.0 Å². The Kier molecular flexibility index (Phi) is 3.92. The smallest absolute Gasteiger partial charge is 0.393 e. The van der Waals surface area contributed by atoms with Gasteiger partial charge in [0.2, 0.25) is 0 Å². The van der Waals surface area contributed by atoms with Crippen LogP contribution in [0, 0.1) is 12.8 Å². The summed E-state index contributed by atoms with van der Waals surface area (Å²) in [5.74, 6) is -1.86. The molecule has 1 aliphatic heterocycles. The van der Waals surface area contributed by atoms with E-state index in [2.05, 4.69) is 0 Å². The fraction of sp³-hybridized carbons (Fsp3) is 0.500. The molecule has 0 bridgehead atoms. The van der Waals surface area contributed by atoms with E-state index in [0.29, 0.717) is 18.7 Å². The number of nitrogens with zero attached hydrogens (tertiary/aromatic N) is 1. The number of carbonyl (C=O) groups excluding carboxylic acids is 1. The van der Waals surface area contributed by atoms with Gasteiger partial charge in [-0.15, -0.1) is 0 Å². The number of likely N-dealkylation sites (tertiary alicyclic amines) is 1. The summed E-state index contributed by atoms with van der Waals surface area (Å²) in [5.41, 5.74) is 7.19. The van der Waals surface area contributed by atoms with Crippen molar-refractivity contribution < 1.29 is 18.0 Å². The first-order valence-electron chi connectivity index (χ1n) is 6.51. The summed E-state index contributed by atoms with van der Waals surface area (Å²) in [7, 11) is 0. The minimum Gasteiger partial charge on any atom is -0.398 e. The lowest BCUT2D eigenvalue weighted by molar-refractivity contribution is -0.184. The van der Waals surface area contributed by atoms with Crippen LogP contribution >= 0.6 is 0 Å². The quantitative estimate of drug-likeness (QED) is 0.807. The highest BCUT2D eigenvalue weighted by atomic mass is 19.4. The van der Waals surface area contributed by atoms with Crippen molar-refractivity contribution in [1.29, 1.82) is 0 Å². The molecule has 0 spiro atoms. The Balaban J connectivity index is 2.18. The Morgan fingerprint density at radius 1 is 1.40 bits per heavy atom. The third-order valence-electron chi connectivity index (χ3n) is 3.61. The number of alkyl halides is 3. The molecule has 1 amide bonds. The molecule has 1 fully saturated rings. The summed E-state index contributed by atoms with van der Waals surface area (Å²) in [6, 6.07) is 4.99. The molecule has 1 heterocycles. The molecule has 2 rings (SSSR count). The molecule has 1 aliphatic rings. The summed E-state index contributed by atoms with van der Waals surface area (Å²) >= 11 is 0. The van der Waals surface area contributed by atoms with Gasteiger partial charge in [0.25, 0.3) is 5.91 Å². The molecule has 110 valence electrons. The topological polar surface area (TPSA) is 46.3 Å². The summed E-state index contributed by atoms with van der Waals surface area (Å²) in [6.45, 7) is 1.87. The molecule has 3 nitrogen and oxygen atoms in total. The number of hydrogen-bond donors (Lipinski definition) is 1. The second-order valence-electron chi connectivity index (χ2n) is 5.22. The Hall–Kier alpha value is -1.72. The molecule has 0 saturated carbocycles. The standard InChI is InChI=1S/C14H17F3N2O/c1-9-4-5-12(18)11(7-9)13(20)19-6-2-3-10(8-19)14(15,16)17/h4-5,7,10H,2-3,6,8,18H2,1H3. The first-order chi connectivity index (χ1) is 9.29. The molecule has 0 aromatic heterocycles. The van der Waals surface area contributed by atoms with Crippen molar-refractivity contribution in [3.05, 3.63) is 29.3 Å². The van der Waals surface area contributed by atoms with Crippen molar-refractivity contribution in [2.75, 3.05) is 18.8 Å². The summed E-state index contributed by atoms with van der Waals surface area (Å²) in [4.78, 5) is 13.6. The van der Waals surface area contributed by atoms with Crippen molar-refractivity contribution in [1.82, 2.24) is 4.90 Å². The molecular formula is C14H17F3N2O. The zero-order valence-electron chi connectivity index (χ0n) is 11.2. The molecule has 1 aromatic rings. The number of piperidine rings is 1. The maximum atomic E-state index is 12.8. The summed E-state index contributed by atoms with van der Waals surface area (Å²) < 4.78 is 38.3. The Bertz CT molecular complexity index is 514. The average Bonchev–Trinajstić information content (AvgIpc) is 2.40. The molecule has 2 N–H and O–H groups in total. The fourth-order valence-corrected chi connectivity index (χ4v) is 2.45. The highest BCUT2D eigenvalue weighted by Crippen LogP contribution is 2.33. The first-order valence-corrected chi connectivity index (χ1v) is 6.51. The number of nitrogen functional groups attached to an aromatic ring is 1. The maximum absolute atomic E-state index is 12.8. The third kappa shape index (κ3) is 3.05. The van der Waals surface area contributed by atoms with Crippen LogP contribution in [-0.2, 0) is 0 Å². The number of rotatable bonds is 1. The van der Waals surface area contributed by atoms with Crippen molar-refractivity contribution in [3.8, 4) is 0 Å². The minimum absolute atomic E-state index is 0.0799. The Labute approximate surface area is 115 Å². The molecule has 0 radical (unpaired) electrons. The molecule has 20 heavy (non-hydrogen) atoms. The fourth-order valence-electron chi connectivity index (χ4n) is 2.45.